The Labute approximate surface area is 241 Å². The fourth-order valence-corrected chi connectivity index (χ4v) is 5.97. The number of methoxy groups -OCH3 is 1. The molecule has 186 valence electrons. The predicted molar refractivity (Wildman–Crippen MR) is 158 cm³/mol. The van der Waals surface area contributed by atoms with Crippen LogP contribution >= 0.6 is 57.6 Å². The molecule has 3 aromatic carbocycles. The number of amides is 1. The number of thioether (sulfide) groups is 1. The van der Waals surface area contributed by atoms with Gasteiger partial charge >= 0.3 is 0 Å². The lowest BCUT2D eigenvalue weighted by Gasteiger charge is -2.27. The van der Waals surface area contributed by atoms with E-state index < -0.39 is 5.91 Å². The number of carbonyl (C=O) groups is 1. The van der Waals surface area contributed by atoms with E-state index in [4.69, 9.17) is 38.1 Å². The minimum atomic E-state index is -0.460. The van der Waals surface area contributed by atoms with Crippen molar-refractivity contribution in [3.05, 3.63) is 102 Å². The molecule has 1 amide bonds. The molecule has 0 saturated heterocycles. The van der Waals surface area contributed by atoms with Crippen molar-refractivity contribution in [2.24, 2.45) is 4.99 Å². The second-order valence-corrected chi connectivity index (χ2v) is 10.8. The zero-order valence-corrected chi connectivity index (χ0v) is 23.8. The molecule has 2 heterocycles. The quantitative estimate of drug-likeness (QED) is 0.219. The van der Waals surface area contributed by atoms with Crippen LogP contribution in [0, 0.1) is 8.98 Å². The van der Waals surface area contributed by atoms with Crippen LogP contribution in [0.1, 0.15) is 16.7 Å². The van der Waals surface area contributed by atoms with Gasteiger partial charge in [-0.05, 0) is 64.1 Å². The van der Waals surface area contributed by atoms with Crippen LogP contribution in [0.2, 0.25) is 10.0 Å². The van der Waals surface area contributed by atoms with Crippen LogP contribution in [0.4, 0.5) is 0 Å². The lowest BCUT2D eigenvalue weighted by Crippen LogP contribution is -2.38. The maximum Gasteiger partial charge on any atom is 0.283 e. The first-order valence-electron chi connectivity index (χ1n) is 11.0. The molecule has 0 bridgehead atoms. The van der Waals surface area contributed by atoms with Gasteiger partial charge in [-0.1, -0.05) is 71.4 Å². The summed E-state index contributed by atoms with van der Waals surface area (Å²) < 4.78 is 12.4. The maximum absolute atomic E-state index is 12.9. The van der Waals surface area contributed by atoms with Gasteiger partial charge in [0.15, 0.2) is 16.7 Å². The summed E-state index contributed by atoms with van der Waals surface area (Å²) in [4.78, 5) is 18.8. The summed E-state index contributed by atoms with van der Waals surface area (Å²) >= 11 is 15.8. The van der Waals surface area contributed by atoms with Gasteiger partial charge in [0.1, 0.15) is 12.4 Å². The molecule has 3 aromatic rings. The Morgan fingerprint density at radius 1 is 1.14 bits per heavy atom. The largest absolute Gasteiger partial charge is 0.493 e. The minimum Gasteiger partial charge on any atom is -0.493 e. The van der Waals surface area contributed by atoms with E-state index in [1.807, 2.05) is 47.9 Å². The molecule has 0 fully saturated rings. The van der Waals surface area contributed by atoms with Gasteiger partial charge in [-0.2, -0.15) is 4.99 Å². The molecule has 10 heteroatoms. The Balaban J connectivity index is 1.44. The second-order valence-electron chi connectivity index (χ2n) is 7.99. The topological polar surface area (TPSA) is 75.0 Å². The van der Waals surface area contributed by atoms with Crippen LogP contribution in [0.5, 0.6) is 11.5 Å². The number of hydrogen-bond acceptors (Lipinski definition) is 5. The van der Waals surface area contributed by atoms with Gasteiger partial charge in [-0.3, -0.25) is 15.1 Å². The number of benzene rings is 3. The van der Waals surface area contributed by atoms with E-state index in [1.54, 1.807) is 36.3 Å². The first-order valence-corrected chi connectivity index (χ1v) is 13.7. The third-order valence-corrected chi connectivity index (χ3v) is 7.85. The molecule has 0 aliphatic carbocycles. The van der Waals surface area contributed by atoms with E-state index in [0.29, 0.717) is 32.3 Å². The highest BCUT2D eigenvalue weighted by Gasteiger charge is 2.36. The van der Waals surface area contributed by atoms with Gasteiger partial charge < -0.3 is 9.47 Å². The molecule has 0 saturated carbocycles. The summed E-state index contributed by atoms with van der Waals surface area (Å²) in [5.41, 5.74) is 3.41. The Hall–Kier alpha value is -2.79. The van der Waals surface area contributed by atoms with E-state index in [9.17, 15) is 4.79 Å². The van der Waals surface area contributed by atoms with Crippen molar-refractivity contribution in [1.29, 1.82) is 5.41 Å². The molecular weight excluding hydrogens is 644 g/mol. The van der Waals surface area contributed by atoms with Crippen molar-refractivity contribution in [3.8, 4) is 11.5 Å². The zero-order valence-electron chi connectivity index (χ0n) is 19.3. The van der Waals surface area contributed by atoms with Crippen molar-refractivity contribution in [1.82, 2.24) is 4.90 Å². The number of rotatable bonds is 6. The lowest BCUT2D eigenvalue weighted by molar-refractivity contribution is -0.114. The Kier molecular flexibility index (Phi) is 7.62. The highest BCUT2D eigenvalue weighted by molar-refractivity contribution is 14.1. The summed E-state index contributed by atoms with van der Waals surface area (Å²) in [6.07, 6.45) is 1.65. The number of halogens is 3. The van der Waals surface area contributed by atoms with Crippen LogP contribution in [-0.4, -0.2) is 28.9 Å². The molecule has 5 rings (SSSR count). The third-order valence-electron chi connectivity index (χ3n) is 5.63. The molecule has 0 spiro atoms. The van der Waals surface area contributed by atoms with E-state index in [0.717, 1.165) is 20.4 Å². The number of aliphatic imine (C=N–C) groups is 1. The van der Waals surface area contributed by atoms with Gasteiger partial charge in [0.05, 0.1) is 22.0 Å². The van der Waals surface area contributed by atoms with Crippen molar-refractivity contribution < 1.29 is 14.3 Å². The third kappa shape index (κ3) is 5.29. The van der Waals surface area contributed by atoms with Crippen LogP contribution in [0.3, 0.4) is 0 Å². The van der Waals surface area contributed by atoms with Crippen molar-refractivity contribution >= 4 is 86.2 Å². The first-order chi connectivity index (χ1) is 17.9. The average Bonchev–Trinajstić information content (AvgIpc) is 3.31. The summed E-state index contributed by atoms with van der Waals surface area (Å²) in [7, 11) is 1.55. The summed E-state index contributed by atoms with van der Waals surface area (Å²) in [6, 6.07) is 18.6. The molecule has 6 nitrogen and oxygen atoms in total. The number of nitrogens with zero attached hydrogens (tertiary/aromatic N) is 2. The highest BCUT2D eigenvalue weighted by Crippen LogP contribution is 2.39. The van der Waals surface area contributed by atoms with Crippen LogP contribution in [0.15, 0.2) is 76.6 Å². The van der Waals surface area contributed by atoms with Crippen LogP contribution < -0.4 is 9.47 Å². The lowest BCUT2D eigenvalue weighted by atomic mass is 10.1. The minimum absolute atomic E-state index is 0.0711. The number of amidine groups is 2. The Bertz CT molecular complexity index is 1520. The molecule has 0 unspecified atom stereocenters. The van der Waals surface area contributed by atoms with Crippen LogP contribution in [-0.2, 0) is 11.4 Å². The van der Waals surface area contributed by atoms with E-state index >= 15 is 0 Å². The van der Waals surface area contributed by atoms with Crippen molar-refractivity contribution in [2.75, 3.05) is 7.11 Å². The van der Waals surface area contributed by atoms with Crippen molar-refractivity contribution in [3.63, 3.8) is 0 Å². The number of nitrogens with one attached hydrogen (secondary N) is 1. The Morgan fingerprint density at radius 2 is 1.92 bits per heavy atom. The standard InChI is InChI=1S/C27H18Cl2IN3O3S/c1-35-23-11-15(10-21(30)24(23)36-13-17-7-8-18(28)12-20(17)29)9-19-25(31)33-22(16-5-3-2-4-6-16)14-37-27(33)32-26(19)34/h2-12,14,31H,13H2,1H3/b19-9+,31-25?. The summed E-state index contributed by atoms with van der Waals surface area (Å²) in [6.45, 7) is 0.227. The van der Waals surface area contributed by atoms with E-state index in [-0.39, 0.29) is 18.0 Å². The number of carbonyl (C=O) groups excluding carboxylic acids is 1. The predicted octanol–water partition coefficient (Wildman–Crippen LogP) is 7.49. The normalized spacial score (nSPS) is 16.0. The molecule has 2 aliphatic rings. The summed E-state index contributed by atoms with van der Waals surface area (Å²) in [5, 5.41) is 12.3. The average molecular weight is 662 g/mol. The molecule has 2 aliphatic heterocycles. The first kappa shape index (κ1) is 25.8. The van der Waals surface area contributed by atoms with E-state index in [2.05, 4.69) is 27.6 Å². The monoisotopic (exact) mass is 661 g/mol. The van der Waals surface area contributed by atoms with Crippen molar-refractivity contribution in [2.45, 2.75) is 6.61 Å². The number of fused-ring (bicyclic) bond motifs is 1. The zero-order chi connectivity index (χ0) is 26.1. The Morgan fingerprint density at radius 3 is 2.65 bits per heavy atom. The van der Waals surface area contributed by atoms with Gasteiger partial charge in [-0.15, -0.1) is 0 Å². The number of ether oxygens (including phenoxy) is 2. The SMILES string of the molecule is COc1cc(/C=C2\C(=N)N3C(c4ccccc4)=CSC3=NC2=O)cc(I)c1OCc1ccc(Cl)cc1Cl. The molecule has 0 aromatic heterocycles. The number of hydrogen-bond donors (Lipinski definition) is 1. The smallest absolute Gasteiger partial charge is 0.283 e. The highest BCUT2D eigenvalue weighted by atomic mass is 127. The molecular formula is C27H18Cl2IN3O3S. The van der Waals surface area contributed by atoms with Gasteiger partial charge in [0.25, 0.3) is 5.91 Å². The molecule has 1 N–H and O–H groups in total. The van der Waals surface area contributed by atoms with Gasteiger partial charge in [0.2, 0.25) is 0 Å². The fourth-order valence-electron chi connectivity index (χ4n) is 3.83. The van der Waals surface area contributed by atoms with Crippen LogP contribution in [0.25, 0.3) is 11.8 Å². The maximum atomic E-state index is 12.9. The van der Waals surface area contributed by atoms with E-state index in [1.165, 1.54) is 11.8 Å². The summed E-state index contributed by atoms with van der Waals surface area (Å²) in [5.74, 6) is 0.649. The molecule has 0 radical (unpaired) electrons. The van der Waals surface area contributed by atoms with Gasteiger partial charge in [0, 0.05) is 21.0 Å². The molecule has 37 heavy (non-hydrogen) atoms. The van der Waals surface area contributed by atoms with Gasteiger partial charge in [-0.25, -0.2) is 0 Å². The molecule has 0 atom stereocenters. The second kappa shape index (κ2) is 10.9. The fraction of sp³-hybridized carbons (Fsp3) is 0.0741.